The Labute approximate surface area is 154 Å². The Bertz CT molecular complexity index is 700. The van der Waals surface area contributed by atoms with Crippen molar-refractivity contribution in [2.75, 3.05) is 26.9 Å². The lowest BCUT2D eigenvalue weighted by atomic mass is 10.1. The van der Waals surface area contributed by atoms with Crippen molar-refractivity contribution >= 4 is 5.91 Å². The molecule has 138 valence electrons. The summed E-state index contributed by atoms with van der Waals surface area (Å²) in [5.41, 5.74) is 1.08. The summed E-state index contributed by atoms with van der Waals surface area (Å²) in [6.07, 6.45) is 3.30. The molecule has 1 amide bonds. The van der Waals surface area contributed by atoms with Crippen molar-refractivity contribution < 1.29 is 19.0 Å². The topological polar surface area (TPSA) is 56.8 Å². The molecular weight excluding hydrogens is 330 g/mol. The maximum absolute atomic E-state index is 11.9. The zero-order chi connectivity index (χ0) is 18.6. The Morgan fingerprint density at radius 1 is 1.12 bits per heavy atom. The monoisotopic (exact) mass is 355 g/mol. The molecule has 0 radical (unpaired) electrons. The normalized spacial score (nSPS) is 10.0. The predicted octanol–water partition coefficient (Wildman–Crippen LogP) is 3.39. The molecule has 5 nitrogen and oxygen atoms in total. The average molecular weight is 355 g/mol. The Hall–Kier alpha value is -2.95. The molecule has 5 heteroatoms. The molecule has 0 spiro atoms. The number of methoxy groups -OCH3 is 1. The molecule has 2 aromatic carbocycles. The van der Waals surface area contributed by atoms with Gasteiger partial charge >= 0.3 is 0 Å². The summed E-state index contributed by atoms with van der Waals surface area (Å²) in [5, 5.41) is 2.81. The Kier molecular flexibility index (Phi) is 8.06. The number of amides is 1. The molecular formula is C21H25NO4. The van der Waals surface area contributed by atoms with Gasteiger partial charge in [-0.15, -0.1) is 6.58 Å². The van der Waals surface area contributed by atoms with E-state index in [0.29, 0.717) is 24.7 Å². The van der Waals surface area contributed by atoms with Crippen LogP contribution in [0.1, 0.15) is 12.0 Å². The van der Waals surface area contributed by atoms with Crippen molar-refractivity contribution in [1.82, 2.24) is 5.32 Å². The van der Waals surface area contributed by atoms with Crippen LogP contribution in [0.25, 0.3) is 0 Å². The second kappa shape index (κ2) is 10.8. The van der Waals surface area contributed by atoms with Gasteiger partial charge in [0.2, 0.25) is 0 Å². The van der Waals surface area contributed by atoms with Gasteiger partial charge in [0.15, 0.2) is 18.1 Å². The second-order valence-electron chi connectivity index (χ2n) is 5.63. The van der Waals surface area contributed by atoms with Crippen molar-refractivity contribution in [3.05, 3.63) is 66.7 Å². The number of rotatable bonds is 11. The molecule has 0 fully saturated rings. The van der Waals surface area contributed by atoms with Crippen LogP contribution in [0, 0.1) is 0 Å². The molecule has 0 aliphatic carbocycles. The van der Waals surface area contributed by atoms with Crippen LogP contribution in [0.4, 0.5) is 0 Å². The van der Waals surface area contributed by atoms with Gasteiger partial charge in [0.05, 0.1) is 13.7 Å². The minimum absolute atomic E-state index is 0.0588. The lowest BCUT2D eigenvalue weighted by Crippen LogP contribution is -2.30. The standard InChI is InChI=1S/C21H25NO4/c1-3-8-17-11-12-19(20(15-17)24-2)26-16-21(23)22-13-7-14-25-18-9-5-4-6-10-18/h3-6,9-12,15H,1,7-8,13-14,16H2,2H3,(H,22,23). The number of para-hydroxylation sites is 1. The third kappa shape index (κ3) is 6.51. The van der Waals surface area contributed by atoms with Gasteiger partial charge in [0.1, 0.15) is 5.75 Å². The molecule has 0 aliphatic heterocycles. The van der Waals surface area contributed by atoms with Gasteiger partial charge in [-0.25, -0.2) is 0 Å². The number of allylic oxidation sites excluding steroid dienone is 1. The number of nitrogens with one attached hydrogen (secondary N) is 1. The van der Waals surface area contributed by atoms with Crippen molar-refractivity contribution in [3.63, 3.8) is 0 Å². The van der Waals surface area contributed by atoms with Crippen LogP contribution in [-0.2, 0) is 11.2 Å². The Morgan fingerprint density at radius 2 is 1.92 bits per heavy atom. The Balaban J connectivity index is 1.67. The van der Waals surface area contributed by atoms with E-state index in [2.05, 4.69) is 11.9 Å². The van der Waals surface area contributed by atoms with E-state index in [-0.39, 0.29) is 12.5 Å². The summed E-state index contributed by atoms with van der Waals surface area (Å²) >= 11 is 0. The maximum Gasteiger partial charge on any atom is 0.257 e. The van der Waals surface area contributed by atoms with Crippen LogP contribution in [0.5, 0.6) is 17.2 Å². The van der Waals surface area contributed by atoms with Gasteiger partial charge in [0.25, 0.3) is 5.91 Å². The average Bonchev–Trinajstić information content (AvgIpc) is 2.67. The van der Waals surface area contributed by atoms with Gasteiger partial charge < -0.3 is 19.5 Å². The van der Waals surface area contributed by atoms with Crippen molar-refractivity contribution in [2.24, 2.45) is 0 Å². The fraction of sp³-hybridized carbons (Fsp3) is 0.286. The van der Waals surface area contributed by atoms with Crippen LogP contribution in [-0.4, -0.2) is 32.8 Å². The van der Waals surface area contributed by atoms with Gasteiger partial charge in [-0.1, -0.05) is 30.3 Å². The summed E-state index contributed by atoms with van der Waals surface area (Å²) in [4.78, 5) is 11.9. The molecule has 0 aromatic heterocycles. The van der Waals surface area contributed by atoms with E-state index in [1.54, 1.807) is 13.2 Å². The predicted molar refractivity (Wildman–Crippen MR) is 102 cm³/mol. The molecule has 0 heterocycles. The van der Waals surface area contributed by atoms with Crippen LogP contribution in [0.15, 0.2) is 61.2 Å². The van der Waals surface area contributed by atoms with E-state index in [1.807, 2.05) is 48.5 Å². The second-order valence-corrected chi connectivity index (χ2v) is 5.63. The highest BCUT2D eigenvalue weighted by molar-refractivity contribution is 5.77. The van der Waals surface area contributed by atoms with Gasteiger partial charge in [-0.2, -0.15) is 0 Å². The summed E-state index contributed by atoms with van der Waals surface area (Å²) in [7, 11) is 1.58. The number of carbonyl (C=O) groups is 1. The number of benzene rings is 2. The maximum atomic E-state index is 11.9. The number of hydrogen-bond acceptors (Lipinski definition) is 4. The van der Waals surface area contributed by atoms with Gasteiger partial charge in [-0.05, 0) is 42.7 Å². The molecule has 0 saturated carbocycles. The molecule has 1 N–H and O–H groups in total. The number of hydrogen-bond donors (Lipinski definition) is 1. The first-order valence-electron chi connectivity index (χ1n) is 8.58. The lowest BCUT2D eigenvalue weighted by molar-refractivity contribution is -0.123. The molecule has 0 aliphatic rings. The highest BCUT2D eigenvalue weighted by Crippen LogP contribution is 2.28. The summed E-state index contributed by atoms with van der Waals surface area (Å²) in [5.74, 6) is 1.80. The highest BCUT2D eigenvalue weighted by atomic mass is 16.5. The van der Waals surface area contributed by atoms with Crippen molar-refractivity contribution in [3.8, 4) is 17.2 Å². The molecule has 0 unspecified atom stereocenters. The Morgan fingerprint density at radius 3 is 2.65 bits per heavy atom. The van der Waals surface area contributed by atoms with Crippen LogP contribution >= 0.6 is 0 Å². The first-order chi connectivity index (χ1) is 12.7. The van der Waals surface area contributed by atoms with E-state index in [4.69, 9.17) is 14.2 Å². The highest BCUT2D eigenvalue weighted by Gasteiger charge is 2.08. The SMILES string of the molecule is C=CCc1ccc(OCC(=O)NCCCOc2ccccc2)c(OC)c1. The summed E-state index contributed by atoms with van der Waals surface area (Å²) in [6, 6.07) is 15.2. The first kappa shape index (κ1) is 19.4. The number of ether oxygens (including phenoxy) is 3. The van der Waals surface area contributed by atoms with Crippen LogP contribution in [0.2, 0.25) is 0 Å². The third-order valence-corrected chi connectivity index (χ3v) is 3.62. The zero-order valence-electron chi connectivity index (χ0n) is 15.1. The van der Waals surface area contributed by atoms with Gasteiger partial charge in [-0.3, -0.25) is 4.79 Å². The van der Waals surface area contributed by atoms with Crippen LogP contribution < -0.4 is 19.5 Å². The van der Waals surface area contributed by atoms with E-state index in [1.165, 1.54) is 0 Å². The fourth-order valence-electron chi connectivity index (χ4n) is 2.33. The van der Waals surface area contributed by atoms with E-state index >= 15 is 0 Å². The number of carbonyl (C=O) groups excluding carboxylic acids is 1. The smallest absolute Gasteiger partial charge is 0.257 e. The summed E-state index contributed by atoms with van der Waals surface area (Å²) < 4.78 is 16.4. The van der Waals surface area contributed by atoms with Crippen LogP contribution in [0.3, 0.4) is 0 Å². The minimum Gasteiger partial charge on any atom is -0.494 e. The third-order valence-electron chi connectivity index (χ3n) is 3.62. The lowest BCUT2D eigenvalue weighted by Gasteiger charge is -2.12. The molecule has 0 saturated heterocycles. The van der Waals surface area contributed by atoms with E-state index in [0.717, 1.165) is 24.2 Å². The van der Waals surface area contributed by atoms with Crippen molar-refractivity contribution in [2.45, 2.75) is 12.8 Å². The zero-order valence-corrected chi connectivity index (χ0v) is 15.1. The fourth-order valence-corrected chi connectivity index (χ4v) is 2.33. The molecule has 0 atom stereocenters. The molecule has 0 bridgehead atoms. The molecule has 2 aromatic rings. The van der Waals surface area contributed by atoms with E-state index in [9.17, 15) is 4.79 Å². The van der Waals surface area contributed by atoms with Crippen molar-refractivity contribution in [1.29, 1.82) is 0 Å². The minimum atomic E-state index is -0.179. The van der Waals surface area contributed by atoms with E-state index < -0.39 is 0 Å². The molecule has 26 heavy (non-hydrogen) atoms. The van der Waals surface area contributed by atoms with Gasteiger partial charge in [0, 0.05) is 6.54 Å². The first-order valence-corrected chi connectivity index (χ1v) is 8.58. The largest absolute Gasteiger partial charge is 0.494 e. The quantitative estimate of drug-likeness (QED) is 0.496. The molecule has 2 rings (SSSR count). The summed E-state index contributed by atoms with van der Waals surface area (Å²) in [6.45, 7) is 4.74.